The second-order valence-corrected chi connectivity index (χ2v) is 3.64. The van der Waals surface area contributed by atoms with E-state index in [-0.39, 0.29) is 0 Å². The summed E-state index contributed by atoms with van der Waals surface area (Å²) in [6.07, 6.45) is -6.37. The van der Waals surface area contributed by atoms with Gasteiger partial charge in [0.15, 0.2) is 11.6 Å². The molecular weight excluding hydrogens is 280 g/mol. The summed E-state index contributed by atoms with van der Waals surface area (Å²) in [5.41, 5.74) is 0. The average Bonchev–Trinajstić information content (AvgIpc) is 2.50. The van der Waals surface area contributed by atoms with Crippen molar-refractivity contribution < 1.29 is 50.4 Å². The molecular formula is C10H20O10. The Balaban J connectivity index is 0. The third kappa shape index (κ3) is 8.24. The van der Waals surface area contributed by atoms with E-state index in [1.807, 2.05) is 0 Å². The molecule has 0 bridgehead atoms. The van der Waals surface area contributed by atoms with Crippen molar-refractivity contribution in [2.45, 2.75) is 24.4 Å². The number of hydrogen-bond donors (Lipinski definition) is 8. The molecule has 0 heterocycles. The van der Waals surface area contributed by atoms with E-state index in [0.717, 1.165) is 0 Å². The zero-order chi connectivity index (χ0) is 16.3. The molecule has 0 radical (unpaired) electrons. The van der Waals surface area contributed by atoms with Gasteiger partial charge in [-0.1, -0.05) is 0 Å². The Morgan fingerprint density at radius 2 is 0.900 bits per heavy atom. The van der Waals surface area contributed by atoms with Crippen LogP contribution in [0.2, 0.25) is 0 Å². The lowest BCUT2D eigenvalue weighted by Crippen LogP contribution is -2.37. The van der Waals surface area contributed by atoms with Gasteiger partial charge in [0.2, 0.25) is 0 Å². The molecule has 0 saturated carbocycles. The number of hydrogen-bond acceptors (Lipinski definition) is 10. The highest BCUT2D eigenvalue weighted by atomic mass is 16.4. The van der Waals surface area contributed by atoms with Crippen LogP contribution in [-0.4, -0.2) is 103 Å². The summed E-state index contributed by atoms with van der Waals surface area (Å²) < 4.78 is 0. The van der Waals surface area contributed by atoms with Gasteiger partial charge in [-0.05, 0) is 0 Å². The van der Waals surface area contributed by atoms with Crippen molar-refractivity contribution in [3.63, 3.8) is 0 Å². The van der Waals surface area contributed by atoms with Gasteiger partial charge in [-0.15, -0.1) is 0 Å². The molecule has 0 spiro atoms. The highest BCUT2D eigenvalue weighted by Crippen LogP contribution is 1.93. The molecule has 0 aliphatic rings. The number of carbonyl (C=O) groups excluding carboxylic acids is 2. The van der Waals surface area contributed by atoms with E-state index in [1.54, 1.807) is 0 Å². The largest absolute Gasteiger partial charge is 0.394 e. The van der Waals surface area contributed by atoms with Gasteiger partial charge in [0.25, 0.3) is 0 Å². The molecule has 0 fully saturated rings. The van der Waals surface area contributed by atoms with E-state index in [0.29, 0.717) is 0 Å². The van der Waals surface area contributed by atoms with Crippen LogP contribution in [0.4, 0.5) is 0 Å². The Kier molecular flexibility index (Phi) is 12.6. The number of carbonyl (C=O) groups is 2. The molecule has 0 rings (SSSR count). The topological polar surface area (TPSA) is 196 Å². The second-order valence-electron chi connectivity index (χ2n) is 3.64. The molecule has 20 heavy (non-hydrogen) atoms. The number of aliphatic hydroxyl groups excluding tert-OH is 8. The van der Waals surface area contributed by atoms with Crippen molar-refractivity contribution in [1.82, 2.24) is 0 Å². The van der Waals surface area contributed by atoms with E-state index in [9.17, 15) is 9.59 Å². The van der Waals surface area contributed by atoms with Crippen LogP contribution < -0.4 is 0 Å². The quantitative estimate of drug-likeness (QED) is 0.214. The number of Topliss-reactive ketones (excluding diaryl/α,β-unsaturated/α-hetero) is 2. The molecule has 0 aromatic heterocycles. The standard InChI is InChI=1S/2C5H10O5/c2*6-1-3(8)5(10)4(9)2-7/h2*3,5-8,10H,1-2H2/t2*3-,5-/m00/s1. The summed E-state index contributed by atoms with van der Waals surface area (Å²) in [6.45, 7) is -3.07. The second kappa shape index (κ2) is 11.8. The van der Waals surface area contributed by atoms with Crippen molar-refractivity contribution in [1.29, 1.82) is 0 Å². The monoisotopic (exact) mass is 300 g/mol. The van der Waals surface area contributed by atoms with Crippen LogP contribution >= 0.6 is 0 Å². The minimum Gasteiger partial charge on any atom is -0.394 e. The first-order valence-electron chi connectivity index (χ1n) is 5.47. The van der Waals surface area contributed by atoms with E-state index < -0.39 is 62.4 Å². The smallest absolute Gasteiger partial charge is 0.189 e. The van der Waals surface area contributed by atoms with Crippen molar-refractivity contribution in [2.75, 3.05) is 26.4 Å². The first-order chi connectivity index (χ1) is 9.26. The molecule has 8 N–H and O–H groups in total. The molecule has 0 amide bonds. The minimum atomic E-state index is -1.69. The lowest BCUT2D eigenvalue weighted by molar-refractivity contribution is -0.137. The highest BCUT2D eigenvalue weighted by Gasteiger charge is 2.22. The molecule has 0 aromatic carbocycles. The summed E-state index contributed by atoms with van der Waals surface area (Å²) in [4.78, 5) is 20.7. The Labute approximate surface area is 114 Å². The van der Waals surface area contributed by atoms with E-state index in [1.165, 1.54) is 0 Å². The molecule has 0 aliphatic heterocycles. The van der Waals surface area contributed by atoms with E-state index in [4.69, 9.17) is 40.9 Å². The van der Waals surface area contributed by atoms with Crippen LogP contribution in [0.25, 0.3) is 0 Å². The third-order valence-corrected chi connectivity index (χ3v) is 2.07. The minimum absolute atomic E-state index is 0.701. The molecule has 0 saturated heterocycles. The molecule has 0 aliphatic carbocycles. The molecule has 120 valence electrons. The highest BCUT2D eigenvalue weighted by molar-refractivity contribution is 5.84. The van der Waals surface area contributed by atoms with Gasteiger partial charge in [0, 0.05) is 0 Å². The number of rotatable bonds is 8. The predicted molar refractivity (Wildman–Crippen MR) is 62.4 cm³/mol. The van der Waals surface area contributed by atoms with Crippen molar-refractivity contribution >= 4 is 11.6 Å². The summed E-state index contributed by atoms with van der Waals surface area (Å²) >= 11 is 0. The SMILES string of the molecule is O=C(CO)[C@@H](O)[C@@H](O)CO.O=C(CO)[C@@H](O)[C@@H](O)CO. The fourth-order valence-corrected chi connectivity index (χ4v) is 0.816. The van der Waals surface area contributed by atoms with Crippen molar-refractivity contribution in [3.05, 3.63) is 0 Å². The van der Waals surface area contributed by atoms with Crippen molar-refractivity contribution in [2.24, 2.45) is 0 Å². The maximum atomic E-state index is 10.3. The Hall–Kier alpha value is -0.980. The van der Waals surface area contributed by atoms with Crippen LogP contribution in [0.5, 0.6) is 0 Å². The molecule has 4 atom stereocenters. The van der Waals surface area contributed by atoms with Crippen molar-refractivity contribution in [3.8, 4) is 0 Å². The fourth-order valence-electron chi connectivity index (χ4n) is 0.816. The van der Waals surface area contributed by atoms with Crippen LogP contribution in [0.1, 0.15) is 0 Å². The average molecular weight is 300 g/mol. The molecule has 10 heteroatoms. The Morgan fingerprint density at radius 1 is 0.650 bits per heavy atom. The first-order valence-corrected chi connectivity index (χ1v) is 5.47. The predicted octanol–water partition coefficient (Wildman–Crippen LogP) is -5.48. The van der Waals surface area contributed by atoms with Gasteiger partial charge >= 0.3 is 0 Å². The zero-order valence-electron chi connectivity index (χ0n) is 10.5. The van der Waals surface area contributed by atoms with Gasteiger partial charge in [0.05, 0.1) is 13.2 Å². The molecule has 0 aromatic rings. The maximum Gasteiger partial charge on any atom is 0.189 e. The molecule has 0 unspecified atom stereocenters. The zero-order valence-corrected chi connectivity index (χ0v) is 10.5. The Bertz CT molecular complexity index is 253. The van der Waals surface area contributed by atoms with Gasteiger partial charge in [-0.25, -0.2) is 0 Å². The van der Waals surface area contributed by atoms with E-state index >= 15 is 0 Å². The summed E-state index contributed by atoms with van der Waals surface area (Å²) in [5.74, 6) is -1.80. The van der Waals surface area contributed by atoms with Gasteiger partial charge in [-0.2, -0.15) is 0 Å². The normalized spacial score (nSPS) is 16.4. The van der Waals surface area contributed by atoms with Crippen LogP contribution in [-0.2, 0) is 9.59 Å². The molecule has 10 nitrogen and oxygen atoms in total. The summed E-state index contributed by atoms with van der Waals surface area (Å²) in [5, 5.41) is 67.2. The van der Waals surface area contributed by atoms with Crippen LogP contribution in [0.15, 0.2) is 0 Å². The maximum absolute atomic E-state index is 10.3. The van der Waals surface area contributed by atoms with Gasteiger partial charge in [0.1, 0.15) is 37.6 Å². The first kappa shape index (κ1) is 21.3. The van der Waals surface area contributed by atoms with Crippen LogP contribution in [0, 0.1) is 0 Å². The number of aliphatic hydroxyl groups is 8. The number of ketones is 2. The van der Waals surface area contributed by atoms with E-state index in [2.05, 4.69) is 0 Å². The Morgan fingerprint density at radius 3 is 1.05 bits per heavy atom. The van der Waals surface area contributed by atoms with Gasteiger partial charge < -0.3 is 40.9 Å². The van der Waals surface area contributed by atoms with Crippen LogP contribution in [0.3, 0.4) is 0 Å². The third-order valence-electron chi connectivity index (χ3n) is 2.07. The summed E-state index contributed by atoms with van der Waals surface area (Å²) in [7, 11) is 0. The van der Waals surface area contributed by atoms with Gasteiger partial charge in [-0.3, -0.25) is 9.59 Å². The summed E-state index contributed by atoms with van der Waals surface area (Å²) in [6, 6.07) is 0. The lowest BCUT2D eigenvalue weighted by Gasteiger charge is -2.11. The fraction of sp³-hybridized carbons (Fsp3) is 0.800. The lowest BCUT2D eigenvalue weighted by atomic mass is 10.1.